The molecule has 1 aromatic rings. The summed E-state index contributed by atoms with van der Waals surface area (Å²) in [6.45, 7) is 11.9. The van der Waals surface area contributed by atoms with Crippen LogP contribution in [0.25, 0.3) is 0 Å². The van der Waals surface area contributed by atoms with Crippen LogP contribution in [0.4, 0.5) is 0 Å². The van der Waals surface area contributed by atoms with E-state index < -0.39 is 0 Å². The van der Waals surface area contributed by atoms with Gasteiger partial charge in [0.2, 0.25) is 0 Å². The third kappa shape index (κ3) is 4.39. The first-order valence-electron chi connectivity index (χ1n) is 7.02. The first-order chi connectivity index (χ1) is 8.60. The van der Waals surface area contributed by atoms with Crippen LogP contribution in [0.3, 0.4) is 0 Å². The molecule has 0 aliphatic rings. The van der Waals surface area contributed by atoms with Crippen LogP contribution >= 0.6 is 15.9 Å². The fraction of sp³-hybridized carbons (Fsp3) is 0.786. The maximum atomic E-state index is 4.54. The van der Waals surface area contributed by atoms with Crippen LogP contribution in [0.15, 0.2) is 4.47 Å². The fourth-order valence-corrected chi connectivity index (χ4v) is 2.60. The van der Waals surface area contributed by atoms with Crippen LogP contribution < -0.4 is 5.32 Å². The molecule has 4 heteroatoms. The Balaban J connectivity index is 2.47. The molecule has 1 aromatic heterocycles. The number of hydrogen-bond donors (Lipinski definition) is 1. The van der Waals surface area contributed by atoms with Crippen molar-refractivity contribution in [2.75, 3.05) is 13.1 Å². The molecular formula is C14H26BrN3. The van der Waals surface area contributed by atoms with Crippen LogP contribution in [0.5, 0.6) is 0 Å². The number of nitrogens with one attached hydrogen (secondary N) is 1. The first-order valence-corrected chi connectivity index (χ1v) is 7.81. The van der Waals surface area contributed by atoms with Gasteiger partial charge in [-0.3, -0.25) is 4.68 Å². The number of halogens is 1. The molecule has 0 aliphatic carbocycles. The molecule has 0 bridgehead atoms. The third-order valence-corrected chi connectivity index (χ3v) is 4.28. The Kier molecular flexibility index (Phi) is 6.94. The van der Waals surface area contributed by atoms with E-state index >= 15 is 0 Å². The molecule has 1 atom stereocenters. The maximum absolute atomic E-state index is 4.54. The van der Waals surface area contributed by atoms with Crippen LogP contribution in [-0.2, 0) is 13.0 Å². The highest BCUT2D eigenvalue weighted by Crippen LogP contribution is 2.23. The molecule has 0 saturated carbocycles. The van der Waals surface area contributed by atoms with Crippen molar-refractivity contribution < 1.29 is 0 Å². The summed E-state index contributed by atoms with van der Waals surface area (Å²) >= 11 is 3.66. The summed E-state index contributed by atoms with van der Waals surface area (Å²) < 4.78 is 3.31. The minimum absolute atomic E-state index is 0.712. The Labute approximate surface area is 119 Å². The number of aromatic nitrogens is 2. The SMILES string of the molecule is CCCNCC(C)CCc1c(Br)c(C)nn1CC. The van der Waals surface area contributed by atoms with Gasteiger partial charge in [-0.05, 0) is 68.0 Å². The lowest BCUT2D eigenvalue weighted by Crippen LogP contribution is -2.22. The van der Waals surface area contributed by atoms with Crippen molar-refractivity contribution in [3.8, 4) is 0 Å². The summed E-state index contributed by atoms with van der Waals surface area (Å²) in [5, 5.41) is 8.02. The number of hydrogen-bond acceptors (Lipinski definition) is 2. The molecule has 0 spiro atoms. The standard InChI is InChI=1S/C14H26BrN3/c1-5-9-16-10-11(3)7-8-13-14(15)12(4)17-18(13)6-2/h11,16H,5-10H2,1-4H3. The van der Waals surface area contributed by atoms with Crippen molar-refractivity contribution in [3.63, 3.8) is 0 Å². The van der Waals surface area contributed by atoms with E-state index in [9.17, 15) is 0 Å². The van der Waals surface area contributed by atoms with E-state index in [0.717, 1.165) is 31.7 Å². The van der Waals surface area contributed by atoms with Gasteiger partial charge < -0.3 is 5.32 Å². The molecule has 18 heavy (non-hydrogen) atoms. The summed E-state index contributed by atoms with van der Waals surface area (Å²) in [7, 11) is 0. The molecule has 104 valence electrons. The molecule has 0 aromatic carbocycles. The third-order valence-electron chi connectivity index (χ3n) is 3.25. The molecule has 0 fully saturated rings. The van der Waals surface area contributed by atoms with E-state index in [1.54, 1.807) is 0 Å². The molecule has 1 heterocycles. The fourth-order valence-electron chi connectivity index (χ4n) is 2.12. The topological polar surface area (TPSA) is 29.9 Å². The highest BCUT2D eigenvalue weighted by molar-refractivity contribution is 9.10. The second-order valence-electron chi connectivity index (χ2n) is 5.01. The zero-order chi connectivity index (χ0) is 13.5. The number of aryl methyl sites for hydroxylation is 2. The van der Waals surface area contributed by atoms with Crippen LogP contribution in [0, 0.1) is 12.8 Å². The molecular weight excluding hydrogens is 290 g/mol. The van der Waals surface area contributed by atoms with Gasteiger partial charge in [0.15, 0.2) is 0 Å². The highest BCUT2D eigenvalue weighted by Gasteiger charge is 2.13. The van der Waals surface area contributed by atoms with Gasteiger partial charge in [0.05, 0.1) is 15.9 Å². The van der Waals surface area contributed by atoms with Gasteiger partial charge in [0, 0.05) is 6.54 Å². The predicted molar refractivity (Wildman–Crippen MR) is 81.0 cm³/mol. The Hall–Kier alpha value is -0.350. The monoisotopic (exact) mass is 315 g/mol. The van der Waals surface area contributed by atoms with Crippen LogP contribution in [0.1, 0.15) is 45.0 Å². The Morgan fingerprint density at radius 1 is 1.39 bits per heavy atom. The summed E-state index contributed by atoms with van der Waals surface area (Å²) in [4.78, 5) is 0. The second kappa shape index (κ2) is 7.95. The smallest absolute Gasteiger partial charge is 0.0738 e. The van der Waals surface area contributed by atoms with Gasteiger partial charge in [-0.1, -0.05) is 13.8 Å². The quantitative estimate of drug-likeness (QED) is 0.744. The summed E-state index contributed by atoms with van der Waals surface area (Å²) in [6, 6.07) is 0. The van der Waals surface area contributed by atoms with Gasteiger partial charge in [0.1, 0.15) is 0 Å². The molecule has 0 aliphatic heterocycles. The molecule has 3 nitrogen and oxygen atoms in total. The molecule has 0 amide bonds. The van der Waals surface area contributed by atoms with E-state index in [-0.39, 0.29) is 0 Å². The van der Waals surface area contributed by atoms with Gasteiger partial charge in [-0.2, -0.15) is 5.10 Å². The highest BCUT2D eigenvalue weighted by atomic mass is 79.9. The average Bonchev–Trinajstić information content (AvgIpc) is 2.63. The lowest BCUT2D eigenvalue weighted by molar-refractivity contribution is 0.470. The minimum Gasteiger partial charge on any atom is -0.316 e. The molecule has 0 radical (unpaired) electrons. The van der Waals surface area contributed by atoms with E-state index in [2.05, 4.69) is 58.7 Å². The average molecular weight is 316 g/mol. The largest absolute Gasteiger partial charge is 0.316 e. The van der Waals surface area contributed by atoms with Crippen LogP contribution in [0.2, 0.25) is 0 Å². The van der Waals surface area contributed by atoms with Gasteiger partial charge >= 0.3 is 0 Å². The zero-order valence-electron chi connectivity index (χ0n) is 12.1. The van der Waals surface area contributed by atoms with Crippen molar-refractivity contribution in [1.82, 2.24) is 15.1 Å². The summed E-state index contributed by atoms with van der Waals surface area (Å²) in [5.74, 6) is 0.712. The van der Waals surface area contributed by atoms with Crippen molar-refractivity contribution in [1.29, 1.82) is 0 Å². The van der Waals surface area contributed by atoms with E-state index in [1.807, 2.05) is 0 Å². The predicted octanol–water partition coefficient (Wildman–Crippen LogP) is 3.54. The van der Waals surface area contributed by atoms with Gasteiger partial charge in [-0.15, -0.1) is 0 Å². The Morgan fingerprint density at radius 2 is 2.11 bits per heavy atom. The molecule has 1 N–H and O–H groups in total. The number of rotatable bonds is 8. The number of nitrogens with zero attached hydrogens (tertiary/aromatic N) is 2. The summed E-state index contributed by atoms with van der Waals surface area (Å²) in [5.41, 5.74) is 2.45. The lowest BCUT2D eigenvalue weighted by Gasteiger charge is -2.13. The van der Waals surface area contributed by atoms with E-state index in [1.165, 1.54) is 23.0 Å². The Bertz CT molecular complexity index is 360. The normalized spacial score (nSPS) is 12.9. The van der Waals surface area contributed by atoms with E-state index in [0.29, 0.717) is 5.92 Å². The van der Waals surface area contributed by atoms with Crippen molar-refractivity contribution in [3.05, 3.63) is 15.9 Å². The van der Waals surface area contributed by atoms with Crippen molar-refractivity contribution >= 4 is 15.9 Å². The lowest BCUT2D eigenvalue weighted by atomic mass is 10.0. The summed E-state index contributed by atoms with van der Waals surface area (Å²) in [6.07, 6.45) is 3.52. The minimum atomic E-state index is 0.712. The van der Waals surface area contributed by atoms with Crippen LogP contribution in [-0.4, -0.2) is 22.9 Å². The Morgan fingerprint density at radius 3 is 2.72 bits per heavy atom. The maximum Gasteiger partial charge on any atom is 0.0738 e. The van der Waals surface area contributed by atoms with Crippen molar-refractivity contribution in [2.24, 2.45) is 5.92 Å². The second-order valence-corrected chi connectivity index (χ2v) is 5.80. The van der Waals surface area contributed by atoms with Gasteiger partial charge in [-0.25, -0.2) is 0 Å². The zero-order valence-corrected chi connectivity index (χ0v) is 13.7. The molecule has 1 unspecified atom stereocenters. The van der Waals surface area contributed by atoms with E-state index in [4.69, 9.17) is 0 Å². The van der Waals surface area contributed by atoms with Gasteiger partial charge in [0.25, 0.3) is 0 Å². The molecule has 0 saturated heterocycles. The first kappa shape index (κ1) is 15.7. The van der Waals surface area contributed by atoms with Crippen molar-refractivity contribution in [2.45, 2.75) is 53.5 Å². The molecule has 1 rings (SSSR count).